The van der Waals surface area contributed by atoms with Crippen LogP contribution in [-0.2, 0) is 0 Å². The summed E-state index contributed by atoms with van der Waals surface area (Å²) in [4.78, 5) is 22.2. The van der Waals surface area contributed by atoms with E-state index in [9.17, 15) is 9.59 Å². The predicted octanol–water partition coefficient (Wildman–Crippen LogP) is 3.88. The smallest absolute Gasteiger partial charge is 0.337 e. The van der Waals surface area contributed by atoms with Gasteiger partial charge in [-0.25, -0.2) is 4.79 Å². The summed E-state index contributed by atoms with van der Waals surface area (Å²) in [7, 11) is 0. The van der Waals surface area contributed by atoms with Gasteiger partial charge in [-0.15, -0.1) is 0 Å². The Bertz CT molecular complexity index is 773. The lowest BCUT2D eigenvalue weighted by molar-refractivity contribution is 0.0698. The highest BCUT2D eigenvalue weighted by Crippen LogP contribution is 2.09. The third kappa shape index (κ3) is 4.55. The molecule has 3 rings (SSSR count). The fourth-order valence-corrected chi connectivity index (χ4v) is 2.04. The normalized spacial score (nSPS) is 9.50. The minimum absolute atomic E-state index is 0.0752. The van der Waals surface area contributed by atoms with Crippen LogP contribution in [0.4, 0.5) is 5.69 Å². The van der Waals surface area contributed by atoms with Crippen molar-refractivity contribution in [3.8, 4) is 0 Å². The maximum Gasteiger partial charge on any atom is 0.337 e. The van der Waals surface area contributed by atoms with E-state index in [-0.39, 0.29) is 11.3 Å². The molecule has 24 heavy (non-hydrogen) atoms. The highest BCUT2D eigenvalue weighted by atomic mass is 16.4. The van der Waals surface area contributed by atoms with E-state index in [1.54, 1.807) is 18.2 Å². The molecule has 3 aromatic rings. The van der Waals surface area contributed by atoms with Crippen LogP contribution in [-0.4, -0.2) is 16.9 Å². The van der Waals surface area contributed by atoms with Crippen molar-refractivity contribution in [3.05, 3.63) is 102 Å². The van der Waals surface area contributed by atoms with Crippen LogP contribution in [0.25, 0.3) is 0 Å². The van der Waals surface area contributed by atoms with Gasteiger partial charge in [-0.1, -0.05) is 72.8 Å². The van der Waals surface area contributed by atoms with Crippen LogP contribution < -0.4 is 5.73 Å². The fraction of sp³-hybridized carbons (Fsp3) is 0. The first-order valence-corrected chi connectivity index (χ1v) is 7.32. The third-order valence-electron chi connectivity index (χ3n) is 3.26. The molecule has 0 aromatic heterocycles. The Morgan fingerprint density at radius 2 is 1.08 bits per heavy atom. The molecular formula is C20H17NO3. The van der Waals surface area contributed by atoms with Crippen molar-refractivity contribution in [2.75, 3.05) is 5.73 Å². The van der Waals surface area contributed by atoms with Crippen molar-refractivity contribution >= 4 is 17.4 Å². The second-order valence-corrected chi connectivity index (χ2v) is 4.95. The number of carboxylic acids is 1. The zero-order valence-electron chi connectivity index (χ0n) is 12.9. The molecule has 4 heteroatoms. The monoisotopic (exact) mass is 319 g/mol. The number of nitrogens with two attached hydrogens (primary N) is 1. The Morgan fingerprint density at radius 1 is 0.667 bits per heavy atom. The van der Waals surface area contributed by atoms with E-state index in [2.05, 4.69) is 0 Å². The topological polar surface area (TPSA) is 80.4 Å². The Labute approximate surface area is 140 Å². The van der Waals surface area contributed by atoms with Gasteiger partial charge < -0.3 is 10.8 Å². The first kappa shape index (κ1) is 17.0. The Balaban J connectivity index is 0.000000185. The van der Waals surface area contributed by atoms with Crippen molar-refractivity contribution in [2.24, 2.45) is 0 Å². The number of rotatable bonds is 3. The van der Waals surface area contributed by atoms with Gasteiger partial charge in [0.15, 0.2) is 5.78 Å². The maximum atomic E-state index is 11.8. The van der Waals surface area contributed by atoms with E-state index in [4.69, 9.17) is 10.8 Å². The van der Waals surface area contributed by atoms with Crippen molar-refractivity contribution in [1.82, 2.24) is 0 Å². The van der Waals surface area contributed by atoms with Gasteiger partial charge in [-0.05, 0) is 12.1 Å². The molecule has 0 saturated heterocycles. The summed E-state index contributed by atoms with van der Waals surface area (Å²) in [5, 5.41) is 8.49. The fourth-order valence-electron chi connectivity index (χ4n) is 2.04. The predicted molar refractivity (Wildman–Crippen MR) is 94.1 cm³/mol. The first-order valence-electron chi connectivity index (χ1n) is 7.32. The van der Waals surface area contributed by atoms with Gasteiger partial charge in [-0.2, -0.15) is 0 Å². The van der Waals surface area contributed by atoms with Crippen LogP contribution in [0.5, 0.6) is 0 Å². The summed E-state index contributed by atoms with van der Waals surface area (Å²) in [6.45, 7) is 0. The number of benzene rings is 3. The van der Waals surface area contributed by atoms with Gasteiger partial charge in [-0.3, -0.25) is 4.79 Å². The molecule has 0 bridgehead atoms. The van der Waals surface area contributed by atoms with Crippen LogP contribution in [0.2, 0.25) is 0 Å². The van der Waals surface area contributed by atoms with Gasteiger partial charge in [0.25, 0.3) is 0 Å². The average Bonchev–Trinajstić information content (AvgIpc) is 2.63. The molecule has 0 heterocycles. The number of carbonyl (C=O) groups excluding carboxylic acids is 1. The highest BCUT2D eigenvalue weighted by Gasteiger charge is 2.06. The number of carboxylic acid groups (broad SMARTS) is 1. The molecule has 0 saturated carbocycles. The van der Waals surface area contributed by atoms with E-state index in [0.29, 0.717) is 5.69 Å². The number of anilines is 1. The standard InChI is InChI=1S/C13H10O.C7H7NO2/c14-13(11-7-3-1-4-8-11)12-9-5-2-6-10-12;8-6-4-2-1-3-5(6)7(9)10/h1-10H;1-4H,8H2,(H,9,10). The SMILES string of the molecule is Nc1ccccc1C(=O)O.O=C(c1ccccc1)c1ccccc1. The lowest BCUT2D eigenvalue weighted by atomic mass is 10.0. The van der Waals surface area contributed by atoms with Gasteiger partial charge in [0.05, 0.1) is 5.56 Å². The maximum absolute atomic E-state index is 11.8. The number of carbonyl (C=O) groups is 2. The van der Waals surface area contributed by atoms with E-state index in [0.717, 1.165) is 11.1 Å². The quantitative estimate of drug-likeness (QED) is 0.567. The third-order valence-corrected chi connectivity index (χ3v) is 3.26. The molecular weight excluding hydrogens is 302 g/mol. The molecule has 0 amide bonds. The molecule has 0 aliphatic heterocycles. The Kier molecular flexibility index (Phi) is 5.86. The van der Waals surface area contributed by atoms with E-state index >= 15 is 0 Å². The van der Waals surface area contributed by atoms with Gasteiger partial charge >= 0.3 is 5.97 Å². The molecule has 0 atom stereocenters. The number of ketones is 1. The van der Waals surface area contributed by atoms with Crippen molar-refractivity contribution in [1.29, 1.82) is 0 Å². The highest BCUT2D eigenvalue weighted by molar-refractivity contribution is 6.08. The van der Waals surface area contributed by atoms with E-state index < -0.39 is 5.97 Å². The summed E-state index contributed by atoms with van der Waals surface area (Å²) >= 11 is 0. The van der Waals surface area contributed by atoms with Crippen LogP contribution in [0.1, 0.15) is 26.3 Å². The molecule has 0 aliphatic carbocycles. The van der Waals surface area contributed by atoms with Crippen molar-refractivity contribution in [3.63, 3.8) is 0 Å². The zero-order valence-corrected chi connectivity index (χ0v) is 12.9. The summed E-state index contributed by atoms with van der Waals surface area (Å²) in [5.41, 5.74) is 7.27. The lowest BCUT2D eigenvalue weighted by Gasteiger charge is -1.99. The van der Waals surface area contributed by atoms with Crippen LogP contribution in [0.15, 0.2) is 84.9 Å². The minimum Gasteiger partial charge on any atom is -0.478 e. The number of para-hydroxylation sites is 1. The Hall–Kier alpha value is -3.40. The van der Waals surface area contributed by atoms with Gasteiger partial charge in [0.2, 0.25) is 0 Å². The molecule has 0 radical (unpaired) electrons. The summed E-state index contributed by atoms with van der Waals surface area (Å²) in [6, 6.07) is 25.0. The van der Waals surface area contributed by atoms with E-state index in [1.165, 1.54) is 6.07 Å². The Morgan fingerprint density at radius 3 is 1.46 bits per heavy atom. The largest absolute Gasteiger partial charge is 0.478 e. The molecule has 4 nitrogen and oxygen atoms in total. The number of hydrogen-bond acceptors (Lipinski definition) is 3. The first-order chi connectivity index (χ1) is 11.6. The van der Waals surface area contributed by atoms with Crippen molar-refractivity contribution < 1.29 is 14.7 Å². The van der Waals surface area contributed by atoms with E-state index in [1.807, 2.05) is 60.7 Å². The molecule has 3 aromatic carbocycles. The number of hydrogen-bond donors (Lipinski definition) is 2. The van der Waals surface area contributed by atoms with Crippen LogP contribution in [0.3, 0.4) is 0 Å². The van der Waals surface area contributed by atoms with Crippen LogP contribution >= 0.6 is 0 Å². The summed E-state index contributed by atoms with van der Waals surface area (Å²) in [6.07, 6.45) is 0. The molecule has 0 aliphatic rings. The van der Waals surface area contributed by atoms with Gasteiger partial charge in [0.1, 0.15) is 0 Å². The van der Waals surface area contributed by atoms with Gasteiger partial charge in [0, 0.05) is 16.8 Å². The average molecular weight is 319 g/mol. The molecule has 0 unspecified atom stereocenters. The second-order valence-electron chi connectivity index (χ2n) is 4.95. The minimum atomic E-state index is -0.988. The lowest BCUT2D eigenvalue weighted by Crippen LogP contribution is -2.00. The molecule has 120 valence electrons. The molecule has 3 N–H and O–H groups in total. The number of nitrogen functional groups attached to an aromatic ring is 1. The van der Waals surface area contributed by atoms with Crippen LogP contribution in [0, 0.1) is 0 Å². The van der Waals surface area contributed by atoms with Crippen molar-refractivity contribution in [2.45, 2.75) is 0 Å². The molecule has 0 fully saturated rings. The summed E-state index contributed by atoms with van der Waals surface area (Å²) < 4.78 is 0. The zero-order chi connectivity index (χ0) is 17.4. The molecule has 0 spiro atoms. The number of aromatic carboxylic acids is 1. The summed E-state index contributed by atoms with van der Waals surface area (Å²) in [5.74, 6) is -0.913. The second kappa shape index (κ2) is 8.29.